The molecule has 34 heavy (non-hydrogen) atoms. The van der Waals surface area contributed by atoms with E-state index in [2.05, 4.69) is 78.2 Å². The molecule has 0 aliphatic heterocycles. The molecule has 9 heteroatoms. The fourth-order valence-electron chi connectivity index (χ4n) is 4.16. The zero-order valence-electron chi connectivity index (χ0n) is 19.5. The summed E-state index contributed by atoms with van der Waals surface area (Å²) >= 11 is 7.95. The van der Waals surface area contributed by atoms with Crippen LogP contribution in [-0.2, 0) is 13.0 Å². The molecule has 0 radical (unpaired) electrons. The molecule has 3 heterocycles. The first-order valence-corrected chi connectivity index (χ1v) is 12.0. The third kappa shape index (κ3) is 5.26. The van der Waals surface area contributed by atoms with Crippen LogP contribution in [0.4, 0.5) is 0 Å². The van der Waals surface area contributed by atoms with Crippen molar-refractivity contribution in [2.75, 3.05) is 14.1 Å². The van der Waals surface area contributed by atoms with Crippen LogP contribution in [0.1, 0.15) is 25.0 Å². The maximum atomic E-state index is 6.34. The Morgan fingerprint density at radius 3 is 2.62 bits per heavy atom. The van der Waals surface area contributed by atoms with Gasteiger partial charge in [0.1, 0.15) is 5.69 Å². The van der Waals surface area contributed by atoms with Crippen molar-refractivity contribution in [2.45, 2.75) is 26.8 Å². The van der Waals surface area contributed by atoms with E-state index in [0.717, 1.165) is 51.2 Å². The molecule has 3 aromatic heterocycles. The zero-order valence-corrected chi connectivity index (χ0v) is 22.7. The first kappa shape index (κ1) is 26.5. The lowest BCUT2D eigenvalue weighted by Crippen LogP contribution is -2.10. The van der Waals surface area contributed by atoms with Gasteiger partial charge in [-0.1, -0.05) is 37.6 Å². The molecule has 5 rings (SSSR count). The number of aromatic nitrogens is 4. The molecule has 0 unspecified atom stereocenters. The lowest BCUT2D eigenvalue weighted by Gasteiger charge is -2.08. The highest BCUT2D eigenvalue weighted by Gasteiger charge is 2.16. The quantitative estimate of drug-likeness (QED) is 0.246. The highest BCUT2D eigenvalue weighted by Crippen LogP contribution is 2.32. The SMILES string of the molecule is CC(C)Cc1cn(-c2nc(-c3nc4ccc(CN(C)C)cc4[nH]3)cs2)c2cc(Cl)ccc12.Cl.Cl. The van der Waals surface area contributed by atoms with Crippen LogP contribution in [0, 0.1) is 5.92 Å². The summed E-state index contributed by atoms with van der Waals surface area (Å²) in [6.07, 6.45) is 3.22. The molecule has 180 valence electrons. The summed E-state index contributed by atoms with van der Waals surface area (Å²) in [4.78, 5) is 15.3. The van der Waals surface area contributed by atoms with Crippen LogP contribution < -0.4 is 0 Å². The van der Waals surface area contributed by atoms with E-state index < -0.39 is 0 Å². The standard InChI is InChI=1S/C25H26ClN5S.2ClH/c1-15(2)9-17-13-31(23-11-18(26)6-7-19(17)23)25-29-22(14-32-25)24-27-20-8-5-16(12-30(3)4)10-21(20)28-24;;/h5-8,10-11,13-15H,9,12H2,1-4H3,(H,27,28);2*1H. The molecular formula is C25H28Cl3N5S. The predicted molar refractivity (Wildman–Crippen MR) is 149 cm³/mol. The molecule has 0 saturated heterocycles. The number of thiazole rings is 1. The molecule has 0 bridgehead atoms. The molecule has 1 N–H and O–H groups in total. The van der Waals surface area contributed by atoms with E-state index in [0.29, 0.717) is 5.92 Å². The molecule has 5 aromatic rings. The minimum Gasteiger partial charge on any atom is -0.337 e. The van der Waals surface area contributed by atoms with Crippen molar-refractivity contribution in [1.82, 2.24) is 24.4 Å². The number of nitrogens with zero attached hydrogens (tertiary/aromatic N) is 4. The molecule has 5 nitrogen and oxygen atoms in total. The molecule has 0 atom stereocenters. The van der Waals surface area contributed by atoms with Crippen molar-refractivity contribution in [3.8, 4) is 16.6 Å². The number of rotatable bonds is 6. The van der Waals surface area contributed by atoms with Crippen LogP contribution in [0.5, 0.6) is 0 Å². The highest BCUT2D eigenvalue weighted by molar-refractivity contribution is 7.12. The molecule has 0 fully saturated rings. The first-order valence-electron chi connectivity index (χ1n) is 10.8. The second-order valence-electron chi connectivity index (χ2n) is 8.97. The lowest BCUT2D eigenvalue weighted by molar-refractivity contribution is 0.402. The van der Waals surface area contributed by atoms with E-state index in [1.807, 2.05) is 12.1 Å². The van der Waals surface area contributed by atoms with E-state index in [9.17, 15) is 0 Å². The number of hydrogen-bond acceptors (Lipinski definition) is 4. The number of H-pyrrole nitrogens is 1. The number of hydrogen-bond donors (Lipinski definition) is 1. The Morgan fingerprint density at radius 2 is 1.88 bits per heavy atom. The summed E-state index contributed by atoms with van der Waals surface area (Å²) in [7, 11) is 4.15. The van der Waals surface area contributed by atoms with E-state index in [1.165, 1.54) is 16.5 Å². The van der Waals surface area contributed by atoms with Gasteiger partial charge in [0.2, 0.25) is 0 Å². The van der Waals surface area contributed by atoms with Crippen molar-refractivity contribution in [3.05, 3.63) is 64.1 Å². The normalized spacial score (nSPS) is 11.4. The van der Waals surface area contributed by atoms with Gasteiger partial charge in [0.05, 0.1) is 16.6 Å². The summed E-state index contributed by atoms with van der Waals surface area (Å²) < 4.78 is 2.16. The Balaban J connectivity index is 0.00000162. The molecule has 0 aliphatic carbocycles. The molecule has 0 saturated carbocycles. The van der Waals surface area contributed by atoms with Gasteiger partial charge in [-0.15, -0.1) is 36.2 Å². The Kier molecular flexibility index (Phi) is 8.32. The third-order valence-electron chi connectivity index (χ3n) is 5.46. The Bertz CT molecular complexity index is 1420. The number of aromatic amines is 1. The van der Waals surface area contributed by atoms with Gasteiger partial charge in [-0.05, 0) is 61.8 Å². The van der Waals surface area contributed by atoms with Gasteiger partial charge >= 0.3 is 0 Å². The Labute approximate surface area is 221 Å². The summed E-state index contributed by atoms with van der Waals surface area (Å²) in [6, 6.07) is 12.5. The van der Waals surface area contributed by atoms with Crippen molar-refractivity contribution in [2.24, 2.45) is 5.92 Å². The summed E-state index contributed by atoms with van der Waals surface area (Å²) in [5, 5.41) is 4.94. The van der Waals surface area contributed by atoms with E-state index in [1.54, 1.807) is 11.3 Å². The highest BCUT2D eigenvalue weighted by atomic mass is 35.5. The van der Waals surface area contributed by atoms with Crippen molar-refractivity contribution >= 4 is 69.7 Å². The summed E-state index contributed by atoms with van der Waals surface area (Å²) in [5.41, 5.74) is 6.50. The number of halogens is 3. The van der Waals surface area contributed by atoms with E-state index in [-0.39, 0.29) is 24.8 Å². The van der Waals surface area contributed by atoms with Crippen molar-refractivity contribution < 1.29 is 0 Å². The molecule has 0 amide bonds. The smallest absolute Gasteiger partial charge is 0.194 e. The number of imidazole rings is 1. The topological polar surface area (TPSA) is 49.7 Å². The van der Waals surface area contributed by atoms with E-state index in [4.69, 9.17) is 21.6 Å². The predicted octanol–water partition coefficient (Wildman–Crippen LogP) is 7.39. The molecular weight excluding hydrogens is 509 g/mol. The van der Waals surface area contributed by atoms with Crippen molar-refractivity contribution in [3.63, 3.8) is 0 Å². The van der Waals surface area contributed by atoms with Crippen LogP contribution in [0.25, 0.3) is 38.6 Å². The average Bonchev–Trinajstić information content (AvgIpc) is 3.43. The molecule has 0 spiro atoms. The third-order valence-corrected chi connectivity index (χ3v) is 6.54. The van der Waals surface area contributed by atoms with Crippen LogP contribution in [0.3, 0.4) is 0 Å². The minimum atomic E-state index is 0. The number of nitrogens with one attached hydrogen (secondary N) is 1. The lowest BCUT2D eigenvalue weighted by atomic mass is 10.0. The fraction of sp³-hybridized carbons (Fsp3) is 0.280. The van der Waals surface area contributed by atoms with Gasteiger partial charge < -0.3 is 9.88 Å². The second-order valence-corrected chi connectivity index (χ2v) is 10.2. The van der Waals surface area contributed by atoms with Gasteiger partial charge in [0.15, 0.2) is 11.0 Å². The van der Waals surface area contributed by atoms with Crippen LogP contribution in [0.2, 0.25) is 5.02 Å². The van der Waals surface area contributed by atoms with Gasteiger partial charge in [-0.25, -0.2) is 9.97 Å². The largest absolute Gasteiger partial charge is 0.337 e. The van der Waals surface area contributed by atoms with Crippen LogP contribution >= 0.6 is 47.8 Å². The maximum absolute atomic E-state index is 6.34. The number of fused-ring (bicyclic) bond motifs is 2. The number of benzene rings is 2. The van der Waals surface area contributed by atoms with Gasteiger partial charge in [0, 0.05) is 28.5 Å². The maximum Gasteiger partial charge on any atom is 0.194 e. The average molecular weight is 537 g/mol. The van der Waals surface area contributed by atoms with E-state index >= 15 is 0 Å². The molecule has 0 aliphatic rings. The van der Waals surface area contributed by atoms with Crippen molar-refractivity contribution in [1.29, 1.82) is 0 Å². The van der Waals surface area contributed by atoms with Gasteiger partial charge in [-0.2, -0.15) is 0 Å². The monoisotopic (exact) mass is 535 g/mol. The summed E-state index contributed by atoms with van der Waals surface area (Å²) in [5.74, 6) is 1.37. The van der Waals surface area contributed by atoms with Gasteiger partial charge in [-0.3, -0.25) is 4.57 Å². The summed E-state index contributed by atoms with van der Waals surface area (Å²) in [6.45, 7) is 5.38. The van der Waals surface area contributed by atoms with Crippen LogP contribution in [0.15, 0.2) is 48.0 Å². The Hall–Kier alpha value is -2.09. The molecule has 2 aromatic carbocycles. The minimum absolute atomic E-state index is 0. The van der Waals surface area contributed by atoms with Gasteiger partial charge in [0.25, 0.3) is 0 Å². The zero-order chi connectivity index (χ0) is 22.4. The Morgan fingerprint density at radius 1 is 1.09 bits per heavy atom. The fourth-order valence-corrected chi connectivity index (χ4v) is 5.12. The second kappa shape index (κ2) is 10.7. The first-order chi connectivity index (χ1) is 15.4. The van der Waals surface area contributed by atoms with Crippen LogP contribution in [-0.4, -0.2) is 38.5 Å².